The molecular weight excluding hydrogens is 706 g/mol. The molecule has 1 aliphatic heterocycles. The summed E-state index contributed by atoms with van der Waals surface area (Å²) in [5, 5.41) is 0.810. The smallest absolute Gasteiger partial charge is 0.311 e. The molecule has 1 aliphatic rings. The van der Waals surface area contributed by atoms with Gasteiger partial charge in [0, 0.05) is 23.6 Å². The van der Waals surface area contributed by atoms with Gasteiger partial charge in [-0.25, -0.2) is 0 Å². The van der Waals surface area contributed by atoms with Gasteiger partial charge in [0.1, 0.15) is 24.2 Å². The summed E-state index contributed by atoms with van der Waals surface area (Å²) in [5.74, 6) is -2.35. The summed E-state index contributed by atoms with van der Waals surface area (Å²) in [7, 11) is 1.60. The van der Waals surface area contributed by atoms with Crippen LogP contribution >= 0.6 is 0 Å². The Hall–Kier alpha value is -4.58. The van der Waals surface area contributed by atoms with Crippen LogP contribution in [0.15, 0.2) is 54.7 Å². The molecule has 5 atom stereocenters. The van der Waals surface area contributed by atoms with Gasteiger partial charge in [-0.15, -0.1) is 0 Å². The van der Waals surface area contributed by atoms with Crippen molar-refractivity contribution in [3.05, 3.63) is 60.3 Å². The predicted octanol–water partition coefficient (Wildman–Crippen LogP) is 7.46. The molecule has 4 rings (SSSR count). The number of fused-ring (bicyclic) bond motifs is 1. The minimum atomic E-state index is -1.67. The molecule has 0 bridgehead atoms. The number of carbonyl (C=O) groups is 4. The van der Waals surface area contributed by atoms with Crippen LogP contribution in [0.2, 0.25) is 0 Å². The molecule has 0 radical (unpaired) electrons. The Labute approximate surface area is 330 Å². The molecule has 1 fully saturated rings. The van der Waals surface area contributed by atoms with Crippen LogP contribution < -0.4 is 9.47 Å². The van der Waals surface area contributed by atoms with E-state index in [1.54, 1.807) is 19.2 Å². The van der Waals surface area contributed by atoms with Crippen LogP contribution in [0.3, 0.4) is 0 Å². The first-order chi connectivity index (χ1) is 27.6. The van der Waals surface area contributed by atoms with Crippen LogP contribution in [0, 0.1) is 21.7 Å². The van der Waals surface area contributed by atoms with Crippen molar-refractivity contribution in [2.24, 2.45) is 21.7 Å². The Morgan fingerprint density at radius 3 is 1.82 bits per heavy atom. The SMILES string of the molecule is [2H]CC(C)(C)C(=O)OC[C@H]1OC(Oc2cccc3ccn(CCc4ccc(OC)cc4)c23)[C@H](OC(=O)C(C)(C)C[2H])[C@@H](OC(=O)C(C)(C)C[2H])[C@@H]1OC(=O)C(C)(C)C[2H]. The zero-order valence-electron chi connectivity index (χ0n) is 37.5. The first kappa shape index (κ1) is 37.3. The summed E-state index contributed by atoms with van der Waals surface area (Å²) in [6.07, 6.45) is -5.37. The van der Waals surface area contributed by atoms with Gasteiger partial charge in [0.15, 0.2) is 12.2 Å². The quantitative estimate of drug-likeness (QED) is 0.142. The molecule has 0 aliphatic carbocycles. The molecular formula is C43H59NO11. The summed E-state index contributed by atoms with van der Waals surface area (Å²) >= 11 is 0. The average Bonchev–Trinajstić information content (AvgIpc) is 3.64. The van der Waals surface area contributed by atoms with Gasteiger partial charge >= 0.3 is 23.9 Å². The Kier molecular flexibility index (Phi) is 11.3. The Morgan fingerprint density at radius 1 is 0.709 bits per heavy atom. The van der Waals surface area contributed by atoms with Gasteiger partial charge in [-0.2, -0.15) is 0 Å². The molecule has 0 saturated carbocycles. The van der Waals surface area contributed by atoms with Crippen molar-refractivity contribution in [2.75, 3.05) is 13.7 Å². The molecule has 1 saturated heterocycles. The summed E-state index contributed by atoms with van der Waals surface area (Å²) < 4.78 is 76.3. The fourth-order valence-corrected chi connectivity index (χ4v) is 5.39. The molecule has 55 heavy (non-hydrogen) atoms. The highest BCUT2D eigenvalue weighted by molar-refractivity contribution is 5.86. The van der Waals surface area contributed by atoms with Gasteiger partial charge in [0.25, 0.3) is 0 Å². The topological polar surface area (TPSA) is 138 Å². The number of para-hydroxylation sites is 1. The molecule has 12 nitrogen and oxygen atoms in total. The molecule has 1 unspecified atom stereocenters. The van der Waals surface area contributed by atoms with Crippen LogP contribution in [0.1, 0.15) is 94.0 Å². The molecule has 0 amide bonds. The van der Waals surface area contributed by atoms with Crippen LogP contribution in [0.5, 0.6) is 11.5 Å². The predicted molar refractivity (Wildman–Crippen MR) is 206 cm³/mol. The van der Waals surface area contributed by atoms with E-state index in [4.69, 9.17) is 38.6 Å². The van der Waals surface area contributed by atoms with E-state index in [0.717, 1.165) is 16.7 Å². The number of benzene rings is 2. The number of esters is 4. The molecule has 302 valence electrons. The van der Waals surface area contributed by atoms with Gasteiger partial charge in [0.2, 0.25) is 12.4 Å². The van der Waals surface area contributed by atoms with Crippen LogP contribution in [0.4, 0.5) is 0 Å². The van der Waals surface area contributed by atoms with Gasteiger partial charge in [-0.3, -0.25) is 19.2 Å². The summed E-state index contributed by atoms with van der Waals surface area (Å²) in [6, 6.07) is 15.0. The third-order valence-corrected chi connectivity index (χ3v) is 8.70. The van der Waals surface area contributed by atoms with Crippen LogP contribution in [-0.2, 0) is 55.8 Å². The highest BCUT2D eigenvalue weighted by atomic mass is 16.7. The van der Waals surface area contributed by atoms with E-state index in [1.165, 1.54) is 55.4 Å². The largest absolute Gasteiger partial charge is 0.497 e. The molecule has 2 aromatic carbocycles. The fourth-order valence-electron chi connectivity index (χ4n) is 5.39. The highest BCUT2D eigenvalue weighted by Crippen LogP contribution is 2.37. The van der Waals surface area contributed by atoms with Gasteiger partial charge in [-0.1, -0.05) is 24.3 Å². The summed E-state index contributed by atoms with van der Waals surface area (Å²) in [4.78, 5) is 54.7. The minimum absolute atomic E-state index is 0.293. The lowest BCUT2D eigenvalue weighted by Gasteiger charge is -2.45. The van der Waals surface area contributed by atoms with Crippen molar-refractivity contribution in [3.8, 4) is 11.5 Å². The number of carbonyl (C=O) groups excluding carboxylic acids is 4. The molecule has 2 heterocycles. The van der Waals surface area contributed by atoms with Crippen molar-refractivity contribution >= 4 is 34.8 Å². The normalized spacial score (nSPS) is 21.7. The van der Waals surface area contributed by atoms with Gasteiger partial charge in [-0.05, 0) is 119 Å². The number of nitrogens with zero attached hydrogens (tertiary/aromatic N) is 1. The number of hydrogen-bond donors (Lipinski definition) is 0. The Bertz CT molecular complexity index is 1930. The van der Waals surface area contributed by atoms with Crippen molar-refractivity contribution in [2.45, 2.75) is 127 Å². The van der Waals surface area contributed by atoms with Crippen molar-refractivity contribution < 1.29 is 57.8 Å². The lowest BCUT2D eigenvalue weighted by Crippen LogP contribution is -2.64. The van der Waals surface area contributed by atoms with Crippen molar-refractivity contribution in [3.63, 3.8) is 0 Å². The first-order valence-corrected chi connectivity index (χ1v) is 18.1. The number of aromatic nitrogens is 1. The lowest BCUT2D eigenvalue weighted by molar-refractivity contribution is -0.293. The van der Waals surface area contributed by atoms with E-state index >= 15 is 0 Å². The van der Waals surface area contributed by atoms with E-state index in [-0.39, 0.29) is 27.6 Å². The van der Waals surface area contributed by atoms with E-state index in [0.29, 0.717) is 24.2 Å². The zero-order valence-corrected chi connectivity index (χ0v) is 33.5. The first-order valence-electron chi connectivity index (χ1n) is 21.0. The maximum atomic E-state index is 13.9. The number of ether oxygens (including phenoxy) is 7. The van der Waals surface area contributed by atoms with E-state index in [1.807, 2.05) is 47.2 Å². The molecule has 12 heteroatoms. The second-order valence-corrected chi connectivity index (χ2v) is 16.7. The van der Waals surface area contributed by atoms with E-state index in [2.05, 4.69) is 0 Å². The number of hydrogen-bond acceptors (Lipinski definition) is 11. The summed E-state index contributed by atoms with van der Waals surface area (Å²) in [6.45, 7) is 10.6. The van der Waals surface area contributed by atoms with Crippen LogP contribution in [0.25, 0.3) is 10.9 Å². The van der Waals surface area contributed by atoms with E-state index < -0.39 is 82.8 Å². The fraction of sp³-hybridized carbons (Fsp3) is 0.581. The van der Waals surface area contributed by atoms with Gasteiger partial charge < -0.3 is 37.7 Å². The van der Waals surface area contributed by atoms with E-state index in [9.17, 15) is 19.2 Å². The third kappa shape index (κ3) is 11.0. The summed E-state index contributed by atoms with van der Waals surface area (Å²) in [5.41, 5.74) is -3.59. The number of methoxy groups -OCH3 is 1. The van der Waals surface area contributed by atoms with Gasteiger partial charge in [0.05, 0.1) is 34.3 Å². The molecule has 3 aromatic rings. The number of aryl methyl sites for hydroxylation is 2. The van der Waals surface area contributed by atoms with Crippen LogP contribution in [-0.4, -0.2) is 72.9 Å². The minimum Gasteiger partial charge on any atom is -0.497 e. The lowest BCUT2D eigenvalue weighted by atomic mass is 9.93. The molecule has 0 N–H and O–H groups in total. The van der Waals surface area contributed by atoms with Crippen molar-refractivity contribution in [1.82, 2.24) is 4.57 Å². The molecule has 0 spiro atoms. The third-order valence-electron chi connectivity index (χ3n) is 8.70. The highest BCUT2D eigenvalue weighted by Gasteiger charge is 2.55. The number of rotatable bonds is 11. The monoisotopic (exact) mass is 769 g/mol. The zero-order chi connectivity index (χ0) is 43.9. The average molecular weight is 770 g/mol. The second-order valence-electron chi connectivity index (χ2n) is 16.7. The standard InChI is InChI=1S/C43H59NO11/c1-40(2,3)36(45)50-25-30-32(53-37(46)41(4,5)6)33(54-38(47)42(7,8)9)34(55-39(48)43(10,11)12)35(52-30)51-29-16-14-15-27-22-24-44(31(27)29)23-21-26-17-19-28(49-13)20-18-26/h14-20,22,24,30,32-35H,21,23,25H2,1-13H3/t30-,32-,33+,34-,35?/m1/s1/i1D,4D,7D,10D. The maximum absolute atomic E-state index is 13.9. The Morgan fingerprint density at radius 2 is 1.25 bits per heavy atom. The van der Waals surface area contributed by atoms with Crippen molar-refractivity contribution in [1.29, 1.82) is 0 Å². The molecule has 1 aromatic heterocycles. The maximum Gasteiger partial charge on any atom is 0.311 e. The Balaban J connectivity index is 1.87. The second kappa shape index (κ2) is 16.6.